The molecule has 3 aromatic rings. The molecule has 0 aliphatic heterocycles. The van der Waals surface area contributed by atoms with Crippen LogP contribution in [0.5, 0.6) is 0 Å². The lowest BCUT2D eigenvalue weighted by Crippen LogP contribution is -2.10. The lowest BCUT2D eigenvalue weighted by molar-refractivity contribution is 1.03. The maximum absolute atomic E-state index is 4.59. The minimum Gasteiger partial charge on any atom is -0.365 e. The van der Waals surface area contributed by atoms with E-state index in [1.807, 2.05) is 25.1 Å². The van der Waals surface area contributed by atoms with E-state index in [9.17, 15) is 0 Å². The summed E-state index contributed by atoms with van der Waals surface area (Å²) in [5.74, 6) is 1.66. The predicted octanol–water partition coefficient (Wildman–Crippen LogP) is 4.59. The first-order valence-corrected chi connectivity index (χ1v) is 9.51. The van der Waals surface area contributed by atoms with Crippen molar-refractivity contribution in [1.29, 1.82) is 0 Å². The number of aryl methyl sites for hydroxylation is 2. The van der Waals surface area contributed by atoms with Gasteiger partial charge in [-0.15, -0.1) is 27.7 Å². The van der Waals surface area contributed by atoms with Crippen LogP contribution in [-0.2, 0) is 11.2 Å². The normalized spacial score (nSPS) is 11.7. The Balaban J connectivity index is 1.95. The largest absolute Gasteiger partial charge is 0.365 e. The van der Waals surface area contributed by atoms with Crippen molar-refractivity contribution in [2.24, 2.45) is 0 Å². The van der Waals surface area contributed by atoms with Crippen molar-refractivity contribution in [3.05, 3.63) is 65.0 Å². The van der Waals surface area contributed by atoms with Crippen LogP contribution >= 0.6 is 27.7 Å². The van der Waals surface area contributed by atoms with Gasteiger partial charge in [-0.1, -0.05) is 35.9 Å². The smallest absolute Gasteiger partial charge is 0.137 e. The van der Waals surface area contributed by atoms with Crippen LogP contribution in [0, 0.1) is 13.8 Å². The molecule has 0 bridgehead atoms. The second-order valence-corrected chi connectivity index (χ2v) is 10.9. The molecule has 0 radical (unpaired) electrons. The quantitative estimate of drug-likeness (QED) is 0.680. The summed E-state index contributed by atoms with van der Waals surface area (Å²) < 4.78 is -0.132. The van der Waals surface area contributed by atoms with Crippen molar-refractivity contribution in [3.63, 3.8) is 0 Å². The van der Waals surface area contributed by atoms with Crippen LogP contribution in [0.25, 0.3) is 10.9 Å². The Morgan fingerprint density at radius 2 is 1.75 bits per heavy atom. The van der Waals surface area contributed by atoms with Crippen molar-refractivity contribution in [1.82, 2.24) is 9.97 Å². The van der Waals surface area contributed by atoms with Crippen molar-refractivity contribution in [2.45, 2.75) is 25.0 Å². The van der Waals surface area contributed by atoms with Gasteiger partial charge in [0.05, 0.1) is 5.52 Å². The summed E-state index contributed by atoms with van der Waals surface area (Å²) >= 11 is 0. The van der Waals surface area contributed by atoms with E-state index in [1.165, 1.54) is 16.7 Å². The number of aromatic nitrogens is 2. The topological polar surface area (TPSA) is 37.8 Å². The molecule has 0 saturated carbocycles. The maximum Gasteiger partial charge on any atom is 0.137 e. The van der Waals surface area contributed by atoms with Gasteiger partial charge in [-0.2, -0.15) is 0 Å². The second-order valence-electron chi connectivity index (χ2n) is 6.08. The van der Waals surface area contributed by atoms with E-state index in [4.69, 9.17) is 0 Å². The Hall–Kier alpha value is -1.13. The van der Waals surface area contributed by atoms with Crippen LogP contribution < -0.4 is 5.32 Å². The van der Waals surface area contributed by atoms with Crippen LogP contribution in [0.1, 0.15) is 22.5 Å². The lowest BCUT2D eigenvalue weighted by atomic mass is 10.1. The number of nitrogens with zero attached hydrogens (tertiary/aromatic N) is 2. The summed E-state index contributed by atoms with van der Waals surface area (Å²) in [6.45, 7) is 4.76. The molecule has 2 aromatic carbocycles. The molecule has 0 fully saturated rings. The van der Waals surface area contributed by atoms with Gasteiger partial charge in [-0.25, -0.2) is 9.97 Å². The van der Waals surface area contributed by atoms with Gasteiger partial charge in [0.25, 0.3) is 0 Å². The lowest BCUT2D eigenvalue weighted by Gasteiger charge is -2.23. The summed E-state index contributed by atoms with van der Waals surface area (Å²) in [6, 6.07) is 14.7. The standard InChI is InChI=1S/C18H22N3P3/c1-11-7-8-13(15(9-11)18(22,23)24)10-19-17-14-5-3-4-6-16(14)20-12(2)21-17/h3-9H,10,22-24H2,1-2H3,(H,19,20,21). The average molecular weight is 373 g/mol. The molecule has 0 spiro atoms. The van der Waals surface area contributed by atoms with E-state index in [1.54, 1.807) is 0 Å². The zero-order valence-corrected chi connectivity index (χ0v) is 17.3. The van der Waals surface area contributed by atoms with Gasteiger partial charge in [-0.3, -0.25) is 0 Å². The number of hydrogen-bond acceptors (Lipinski definition) is 3. The molecule has 6 heteroatoms. The molecule has 0 saturated heterocycles. The summed E-state index contributed by atoms with van der Waals surface area (Å²) in [7, 11) is 8.60. The summed E-state index contributed by atoms with van der Waals surface area (Å²) in [6.07, 6.45) is 0. The van der Waals surface area contributed by atoms with Crippen LogP contribution in [0.15, 0.2) is 42.5 Å². The maximum atomic E-state index is 4.59. The van der Waals surface area contributed by atoms with Crippen LogP contribution in [0.4, 0.5) is 5.82 Å². The molecule has 3 atom stereocenters. The zero-order valence-electron chi connectivity index (χ0n) is 13.9. The van der Waals surface area contributed by atoms with E-state index >= 15 is 0 Å². The van der Waals surface area contributed by atoms with Crippen molar-refractivity contribution in [2.75, 3.05) is 5.32 Å². The van der Waals surface area contributed by atoms with Crippen molar-refractivity contribution >= 4 is 44.4 Å². The predicted molar refractivity (Wildman–Crippen MR) is 114 cm³/mol. The Morgan fingerprint density at radius 3 is 2.50 bits per heavy atom. The van der Waals surface area contributed by atoms with Gasteiger partial charge >= 0.3 is 0 Å². The zero-order chi connectivity index (χ0) is 17.3. The second kappa shape index (κ2) is 7.01. The van der Waals surface area contributed by atoms with E-state index < -0.39 is 0 Å². The van der Waals surface area contributed by atoms with Gasteiger partial charge in [0, 0.05) is 16.6 Å². The first kappa shape index (κ1) is 17.7. The third-order valence-corrected chi connectivity index (χ3v) is 4.83. The third-order valence-electron chi connectivity index (χ3n) is 3.89. The van der Waals surface area contributed by atoms with E-state index in [2.05, 4.69) is 74.2 Å². The number of hydrogen-bond donors (Lipinski definition) is 1. The van der Waals surface area contributed by atoms with Crippen LogP contribution in [-0.4, -0.2) is 9.97 Å². The first-order valence-electron chi connectivity index (χ1n) is 7.78. The third kappa shape index (κ3) is 3.92. The molecule has 1 heterocycles. The minimum absolute atomic E-state index is 0.132. The molecule has 124 valence electrons. The number of nitrogens with one attached hydrogen (secondary N) is 1. The molecule has 0 aliphatic rings. The average Bonchev–Trinajstić information content (AvgIpc) is 2.52. The monoisotopic (exact) mass is 373 g/mol. The van der Waals surface area contributed by atoms with Gasteiger partial charge < -0.3 is 5.32 Å². The summed E-state index contributed by atoms with van der Waals surface area (Å²) in [5, 5.41) is 4.54. The molecule has 0 amide bonds. The Morgan fingerprint density at radius 1 is 1.00 bits per heavy atom. The highest BCUT2D eigenvalue weighted by molar-refractivity contribution is 7.56. The van der Waals surface area contributed by atoms with E-state index in [-0.39, 0.29) is 4.64 Å². The molecule has 1 N–H and O–H groups in total. The Kier molecular flexibility index (Phi) is 5.16. The van der Waals surface area contributed by atoms with Gasteiger partial charge in [0.2, 0.25) is 0 Å². The number of benzene rings is 2. The molecular formula is C18H22N3P3. The van der Waals surface area contributed by atoms with Gasteiger partial charge in [0.15, 0.2) is 0 Å². The minimum atomic E-state index is -0.132. The fraction of sp³-hybridized carbons (Fsp3) is 0.222. The SMILES string of the molecule is Cc1ccc(CNc2nc(C)nc3ccccc23)c(C(P)(P)P)c1. The van der Waals surface area contributed by atoms with Gasteiger partial charge in [-0.05, 0) is 37.1 Å². The Labute approximate surface area is 150 Å². The number of para-hydroxylation sites is 1. The highest BCUT2D eigenvalue weighted by Crippen LogP contribution is 2.46. The van der Waals surface area contributed by atoms with Crippen molar-refractivity contribution < 1.29 is 0 Å². The van der Waals surface area contributed by atoms with Crippen LogP contribution in [0.3, 0.4) is 0 Å². The van der Waals surface area contributed by atoms with Crippen LogP contribution in [0.2, 0.25) is 0 Å². The molecule has 0 aliphatic carbocycles. The summed E-state index contributed by atoms with van der Waals surface area (Å²) in [4.78, 5) is 9.09. The summed E-state index contributed by atoms with van der Waals surface area (Å²) in [5.41, 5.74) is 4.74. The number of fused-ring (bicyclic) bond motifs is 1. The Bertz CT molecular complexity index is 888. The van der Waals surface area contributed by atoms with E-state index in [0.717, 1.165) is 29.1 Å². The molecule has 1 aromatic heterocycles. The number of rotatable bonds is 4. The fourth-order valence-corrected chi connectivity index (χ4v) is 3.56. The van der Waals surface area contributed by atoms with E-state index in [0.29, 0.717) is 0 Å². The highest BCUT2D eigenvalue weighted by atomic mass is 31.1. The molecule has 3 nitrogen and oxygen atoms in total. The molecule has 3 unspecified atom stereocenters. The molecular weight excluding hydrogens is 351 g/mol. The molecule has 24 heavy (non-hydrogen) atoms. The number of anilines is 1. The molecule has 3 rings (SSSR count). The van der Waals surface area contributed by atoms with Crippen molar-refractivity contribution in [3.8, 4) is 0 Å². The van der Waals surface area contributed by atoms with Gasteiger partial charge in [0.1, 0.15) is 11.6 Å². The fourth-order valence-electron chi connectivity index (χ4n) is 2.75. The highest BCUT2D eigenvalue weighted by Gasteiger charge is 2.18. The first-order chi connectivity index (χ1) is 11.3.